The van der Waals surface area contributed by atoms with E-state index in [-0.39, 0.29) is 25.7 Å². The maximum Gasteiger partial charge on any atom is 0.472 e. The molecule has 19 heteroatoms. The van der Waals surface area contributed by atoms with Crippen LogP contribution in [-0.4, -0.2) is 96.7 Å². The SMILES string of the molecule is CCCCCCCCCCCCC(=O)O[C@H](COC(=O)CCCCCCCCC(C)C)COP(=O)(O)OC[C@H](O)COP(=O)(O)OC[C@@H](COC(=O)CCCCCCCCCCCCCC(C)C)OC(=O)CCCCCCCCCCCCCCCCC(C)C. The number of hydrogen-bond donors (Lipinski definition) is 3. The summed E-state index contributed by atoms with van der Waals surface area (Å²) < 4.78 is 68.3. The number of carbonyl (C=O) groups is 4. The van der Waals surface area contributed by atoms with Crippen molar-refractivity contribution < 1.29 is 80.2 Å². The fourth-order valence-corrected chi connectivity index (χ4v) is 12.3. The van der Waals surface area contributed by atoms with Crippen molar-refractivity contribution in [2.24, 2.45) is 17.8 Å². The van der Waals surface area contributed by atoms with E-state index in [0.29, 0.717) is 31.6 Å². The van der Waals surface area contributed by atoms with Crippen LogP contribution in [0.4, 0.5) is 0 Å². The number of hydrogen-bond acceptors (Lipinski definition) is 15. The van der Waals surface area contributed by atoms with Crippen LogP contribution in [-0.2, 0) is 65.4 Å². The molecule has 0 fully saturated rings. The number of carbonyl (C=O) groups excluding carboxylic acids is 4. The number of phosphoric ester groups is 2. The molecule has 0 radical (unpaired) electrons. The van der Waals surface area contributed by atoms with Crippen LogP contribution in [0.2, 0.25) is 0 Å². The highest BCUT2D eigenvalue weighted by Crippen LogP contribution is 2.45. The van der Waals surface area contributed by atoms with Gasteiger partial charge in [-0.25, -0.2) is 9.13 Å². The van der Waals surface area contributed by atoms with Gasteiger partial charge in [-0.2, -0.15) is 0 Å². The molecule has 0 aromatic rings. The summed E-state index contributed by atoms with van der Waals surface area (Å²) in [4.78, 5) is 72.5. The maximum absolute atomic E-state index is 13.0. The molecule has 0 aliphatic rings. The highest BCUT2D eigenvalue weighted by Gasteiger charge is 2.30. The molecule has 17 nitrogen and oxygen atoms in total. The van der Waals surface area contributed by atoms with Gasteiger partial charge in [0.15, 0.2) is 12.2 Å². The second-order valence-corrected chi connectivity index (χ2v) is 30.0. The summed E-state index contributed by atoms with van der Waals surface area (Å²) in [5, 5.41) is 10.6. The zero-order valence-electron chi connectivity index (χ0n) is 58.6. The van der Waals surface area contributed by atoms with E-state index in [1.807, 2.05) is 0 Å². The first-order valence-electron chi connectivity index (χ1n) is 36.8. The van der Waals surface area contributed by atoms with Crippen molar-refractivity contribution in [2.45, 2.75) is 375 Å². The molecule has 0 spiro atoms. The third-order valence-electron chi connectivity index (χ3n) is 16.4. The van der Waals surface area contributed by atoms with Gasteiger partial charge in [0.25, 0.3) is 0 Å². The second kappa shape index (κ2) is 61.9. The summed E-state index contributed by atoms with van der Waals surface area (Å²) in [5.74, 6) is 0.120. The fraction of sp³-hybridized carbons (Fsp3) is 0.944. The van der Waals surface area contributed by atoms with Crippen LogP contribution in [0.1, 0.15) is 357 Å². The smallest absolute Gasteiger partial charge is 0.462 e. The van der Waals surface area contributed by atoms with Crippen LogP contribution in [0, 0.1) is 17.8 Å². The molecule has 0 heterocycles. The predicted octanol–water partition coefficient (Wildman–Crippen LogP) is 20.2. The van der Waals surface area contributed by atoms with Crippen molar-refractivity contribution in [3.63, 3.8) is 0 Å². The summed E-state index contributed by atoms with van der Waals surface area (Å²) in [7, 11) is -9.90. The molecular weight excluding hydrogens is 1190 g/mol. The van der Waals surface area contributed by atoms with Crippen molar-refractivity contribution in [3.05, 3.63) is 0 Å². The van der Waals surface area contributed by atoms with Gasteiger partial charge in [-0.15, -0.1) is 0 Å². The summed E-state index contributed by atoms with van der Waals surface area (Å²) >= 11 is 0. The number of unbranched alkanes of at least 4 members (excludes halogenated alkanes) is 37. The minimum Gasteiger partial charge on any atom is -0.462 e. The topological polar surface area (TPSA) is 237 Å². The lowest BCUT2D eigenvalue weighted by molar-refractivity contribution is -0.161. The van der Waals surface area contributed by atoms with E-state index >= 15 is 0 Å². The normalized spacial score (nSPS) is 14.2. The summed E-state index contributed by atoms with van der Waals surface area (Å²) in [6.07, 6.45) is 45.9. The van der Waals surface area contributed by atoms with Gasteiger partial charge in [-0.3, -0.25) is 37.3 Å². The molecule has 0 rings (SSSR count). The van der Waals surface area contributed by atoms with Gasteiger partial charge in [0, 0.05) is 25.7 Å². The highest BCUT2D eigenvalue weighted by molar-refractivity contribution is 7.47. The Hall–Kier alpha value is -1.94. The molecule has 0 saturated heterocycles. The first-order valence-corrected chi connectivity index (χ1v) is 39.8. The zero-order valence-corrected chi connectivity index (χ0v) is 60.4. The van der Waals surface area contributed by atoms with E-state index in [9.17, 15) is 43.2 Å². The number of esters is 4. The number of aliphatic hydroxyl groups is 1. The van der Waals surface area contributed by atoms with E-state index in [1.54, 1.807) is 0 Å². The van der Waals surface area contributed by atoms with Crippen LogP contribution in [0.5, 0.6) is 0 Å². The van der Waals surface area contributed by atoms with Gasteiger partial charge in [0.05, 0.1) is 26.4 Å². The Kier molecular flexibility index (Phi) is 60.6. The molecule has 0 aromatic heterocycles. The van der Waals surface area contributed by atoms with E-state index in [4.69, 9.17) is 37.0 Å². The van der Waals surface area contributed by atoms with E-state index in [1.165, 1.54) is 161 Å². The zero-order chi connectivity index (χ0) is 66.6. The summed E-state index contributed by atoms with van der Waals surface area (Å²) in [5.41, 5.74) is 0. The van der Waals surface area contributed by atoms with Crippen molar-refractivity contribution in [2.75, 3.05) is 39.6 Å². The van der Waals surface area contributed by atoms with Crippen LogP contribution in [0.3, 0.4) is 0 Å². The molecule has 0 saturated carbocycles. The highest BCUT2D eigenvalue weighted by atomic mass is 31.2. The first kappa shape index (κ1) is 88.1. The monoisotopic (exact) mass is 1320 g/mol. The van der Waals surface area contributed by atoms with E-state index in [2.05, 4.69) is 48.5 Å². The molecule has 0 aliphatic heterocycles. The predicted molar refractivity (Wildman–Crippen MR) is 363 cm³/mol. The third kappa shape index (κ3) is 64.8. The quantitative estimate of drug-likeness (QED) is 0.0222. The molecule has 2 unspecified atom stereocenters. The maximum atomic E-state index is 13.0. The largest absolute Gasteiger partial charge is 0.472 e. The average molecular weight is 1330 g/mol. The lowest BCUT2D eigenvalue weighted by atomic mass is 10.0. The number of ether oxygens (including phenoxy) is 4. The molecule has 3 N–H and O–H groups in total. The minimum absolute atomic E-state index is 0.105. The number of rotatable bonds is 69. The van der Waals surface area contributed by atoms with Crippen LogP contribution in [0.25, 0.3) is 0 Å². The van der Waals surface area contributed by atoms with Gasteiger partial charge in [0.2, 0.25) is 0 Å². The fourth-order valence-electron chi connectivity index (χ4n) is 10.7. The molecular formula is C71H138O17P2. The van der Waals surface area contributed by atoms with Crippen molar-refractivity contribution in [3.8, 4) is 0 Å². The van der Waals surface area contributed by atoms with Crippen molar-refractivity contribution >= 4 is 39.5 Å². The summed E-state index contributed by atoms with van der Waals surface area (Å²) in [6, 6.07) is 0. The Labute approximate surface area is 549 Å². The molecule has 5 atom stereocenters. The molecule has 534 valence electrons. The Morgan fingerprint density at radius 2 is 0.511 bits per heavy atom. The van der Waals surface area contributed by atoms with Gasteiger partial charge < -0.3 is 33.8 Å². The van der Waals surface area contributed by atoms with Gasteiger partial charge in [0.1, 0.15) is 19.3 Å². The number of aliphatic hydroxyl groups excluding tert-OH is 1. The Balaban J connectivity index is 5.23. The van der Waals surface area contributed by atoms with Crippen molar-refractivity contribution in [1.82, 2.24) is 0 Å². The Bertz CT molecular complexity index is 1770. The Morgan fingerprint density at radius 1 is 0.300 bits per heavy atom. The first-order chi connectivity index (χ1) is 43.2. The molecule has 0 aliphatic carbocycles. The average Bonchev–Trinajstić information content (AvgIpc) is 2.96. The standard InChI is InChI=1S/C71H138O17P2/c1-8-9-10-11-12-13-25-31-40-47-54-70(75)88-67(59-82-69(74)53-46-39-34-33-37-44-51-64(6)7)61-86-90(79,80)84-57-65(72)56-83-89(77,78)85-60-66(58-81-68(73)52-45-38-30-26-22-18-20-24-29-36-43-50-63(4)5)87-71(76)55-48-41-32-27-21-17-15-14-16-19-23-28-35-42-49-62(2)3/h62-67,72H,8-61H2,1-7H3,(H,77,78)(H,79,80)/t65-,66-,67-/m1/s1. The molecule has 0 aromatic carbocycles. The molecule has 0 bridgehead atoms. The van der Waals surface area contributed by atoms with Crippen LogP contribution < -0.4 is 0 Å². The van der Waals surface area contributed by atoms with Crippen molar-refractivity contribution in [1.29, 1.82) is 0 Å². The molecule has 0 amide bonds. The summed E-state index contributed by atoms with van der Waals surface area (Å²) in [6.45, 7) is 11.8. The van der Waals surface area contributed by atoms with Gasteiger partial charge in [-0.05, 0) is 43.4 Å². The van der Waals surface area contributed by atoms with Gasteiger partial charge in [-0.1, -0.05) is 305 Å². The van der Waals surface area contributed by atoms with Gasteiger partial charge >= 0.3 is 39.5 Å². The van der Waals surface area contributed by atoms with Crippen LogP contribution >= 0.6 is 15.6 Å². The van der Waals surface area contributed by atoms with E-state index < -0.39 is 97.5 Å². The lowest BCUT2D eigenvalue weighted by Crippen LogP contribution is -2.30. The van der Waals surface area contributed by atoms with E-state index in [0.717, 1.165) is 108 Å². The number of phosphoric acid groups is 2. The minimum atomic E-state index is -4.95. The Morgan fingerprint density at radius 3 is 0.756 bits per heavy atom. The lowest BCUT2D eigenvalue weighted by Gasteiger charge is -2.21. The third-order valence-corrected chi connectivity index (χ3v) is 18.3. The second-order valence-electron chi connectivity index (χ2n) is 27.1. The molecule has 90 heavy (non-hydrogen) atoms. The van der Waals surface area contributed by atoms with Crippen LogP contribution in [0.15, 0.2) is 0 Å².